The van der Waals surface area contributed by atoms with Gasteiger partial charge in [0.2, 0.25) is 0 Å². The highest BCUT2D eigenvalue weighted by Gasteiger charge is 2.10. The van der Waals surface area contributed by atoms with Crippen molar-refractivity contribution in [2.75, 3.05) is 0 Å². The molecule has 0 fully saturated rings. The summed E-state index contributed by atoms with van der Waals surface area (Å²) in [4.78, 5) is 0. The summed E-state index contributed by atoms with van der Waals surface area (Å²) in [6.07, 6.45) is 2.37. The van der Waals surface area contributed by atoms with E-state index < -0.39 is 0 Å². The summed E-state index contributed by atoms with van der Waals surface area (Å²) in [7, 11) is 0. The van der Waals surface area contributed by atoms with Crippen molar-refractivity contribution in [3.8, 4) is 0 Å². The molecule has 0 nitrogen and oxygen atoms in total. The van der Waals surface area contributed by atoms with Gasteiger partial charge in [0, 0.05) is 0 Å². The van der Waals surface area contributed by atoms with Gasteiger partial charge in [-0.15, -0.1) is 0 Å². The van der Waals surface area contributed by atoms with Crippen LogP contribution in [0, 0.1) is 11.8 Å². The Morgan fingerprint density at radius 1 is 0.778 bits per heavy atom. The third-order valence-electron chi connectivity index (χ3n) is 3.38. The van der Waals surface area contributed by atoms with Crippen molar-refractivity contribution in [3.63, 3.8) is 0 Å². The van der Waals surface area contributed by atoms with E-state index in [9.17, 15) is 0 Å². The van der Waals surface area contributed by atoms with E-state index in [0.29, 0.717) is 5.92 Å². The first-order valence-corrected chi connectivity index (χ1v) is 7.07. The normalized spacial score (nSPS) is 11.7. The standard InChI is InChI=1S/C18H24/c1-13(2)11-16-10-9-15-7-5-6-8-17(15)18(16)12-14(3)4/h5-10,13-14H,11-12H2,1-4H3. The number of hydrogen-bond acceptors (Lipinski definition) is 0. The van der Waals surface area contributed by atoms with Gasteiger partial charge >= 0.3 is 0 Å². The Labute approximate surface area is 111 Å². The van der Waals surface area contributed by atoms with Crippen LogP contribution in [0.25, 0.3) is 10.8 Å². The largest absolute Gasteiger partial charge is 0.0625 e. The fraction of sp³-hybridized carbons (Fsp3) is 0.444. The highest BCUT2D eigenvalue weighted by atomic mass is 14.1. The zero-order valence-electron chi connectivity index (χ0n) is 12.0. The molecule has 0 unspecified atom stereocenters. The minimum atomic E-state index is 0.710. The molecular formula is C18H24. The lowest BCUT2D eigenvalue weighted by atomic mass is 9.89. The maximum absolute atomic E-state index is 2.33. The zero-order valence-corrected chi connectivity index (χ0v) is 12.0. The van der Waals surface area contributed by atoms with Crippen LogP contribution in [0.2, 0.25) is 0 Å². The van der Waals surface area contributed by atoms with E-state index in [1.165, 1.54) is 29.2 Å². The van der Waals surface area contributed by atoms with Gasteiger partial charge in [0.05, 0.1) is 0 Å². The Hall–Kier alpha value is -1.30. The second-order valence-corrected chi connectivity index (χ2v) is 6.12. The fourth-order valence-corrected chi connectivity index (χ4v) is 2.66. The lowest BCUT2D eigenvalue weighted by Gasteiger charge is -2.16. The average Bonchev–Trinajstić information content (AvgIpc) is 2.31. The van der Waals surface area contributed by atoms with E-state index in [4.69, 9.17) is 0 Å². The molecule has 0 saturated heterocycles. The van der Waals surface area contributed by atoms with Crippen molar-refractivity contribution in [1.29, 1.82) is 0 Å². The van der Waals surface area contributed by atoms with Crippen LogP contribution in [0.5, 0.6) is 0 Å². The monoisotopic (exact) mass is 240 g/mol. The molecule has 2 aromatic rings. The van der Waals surface area contributed by atoms with Gasteiger partial charge in [0.15, 0.2) is 0 Å². The molecule has 0 spiro atoms. The first-order valence-electron chi connectivity index (χ1n) is 7.07. The summed E-state index contributed by atoms with van der Waals surface area (Å²) in [5, 5.41) is 2.82. The van der Waals surface area contributed by atoms with Gasteiger partial charge in [-0.2, -0.15) is 0 Å². The molecule has 0 heteroatoms. The van der Waals surface area contributed by atoms with Crippen LogP contribution in [-0.2, 0) is 12.8 Å². The molecule has 0 aliphatic heterocycles. The highest BCUT2D eigenvalue weighted by molar-refractivity contribution is 5.86. The van der Waals surface area contributed by atoms with Gasteiger partial charge < -0.3 is 0 Å². The molecule has 96 valence electrons. The highest BCUT2D eigenvalue weighted by Crippen LogP contribution is 2.26. The van der Waals surface area contributed by atoms with Gasteiger partial charge in [-0.1, -0.05) is 64.1 Å². The Morgan fingerprint density at radius 3 is 2.11 bits per heavy atom. The number of rotatable bonds is 4. The number of hydrogen-bond donors (Lipinski definition) is 0. The summed E-state index contributed by atoms with van der Waals surface area (Å²) in [5.74, 6) is 1.43. The van der Waals surface area contributed by atoms with Crippen LogP contribution in [0.4, 0.5) is 0 Å². The first kappa shape index (κ1) is 13.1. The molecule has 0 amide bonds. The van der Waals surface area contributed by atoms with E-state index in [1.807, 2.05) is 0 Å². The van der Waals surface area contributed by atoms with Gasteiger partial charge in [0.25, 0.3) is 0 Å². The van der Waals surface area contributed by atoms with Crippen molar-refractivity contribution >= 4 is 10.8 Å². The van der Waals surface area contributed by atoms with E-state index in [2.05, 4.69) is 64.1 Å². The predicted molar refractivity (Wildman–Crippen MR) is 81.0 cm³/mol. The number of benzene rings is 2. The first-order chi connectivity index (χ1) is 8.58. The topological polar surface area (TPSA) is 0 Å². The molecule has 0 heterocycles. The van der Waals surface area contributed by atoms with Crippen LogP contribution < -0.4 is 0 Å². The molecular weight excluding hydrogens is 216 g/mol. The Balaban J connectivity index is 2.55. The van der Waals surface area contributed by atoms with E-state index in [1.54, 1.807) is 5.56 Å². The molecule has 0 atom stereocenters. The van der Waals surface area contributed by atoms with Crippen molar-refractivity contribution in [2.24, 2.45) is 11.8 Å². The lowest BCUT2D eigenvalue weighted by molar-refractivity contribution is 0.618. The SMILES string of the molecule is CC(C)Cc1ccc2ccccc2c1CC(C)C. The Morgan fingerprint density at radius 2 is 1.44 bits per heavy atom. The molecule has 0 saturated carbocycles. The summed E-state index contributed by atoms with van der Waals surface area (Å²) in [6, 6.07) is 13.4. The van der Waals surface area contributed by atoms with Crippen molar-refractivity contribution in [3.05, 3.63) is 47.5 Å². The van der Waals surface area contributed by atoms with E-state index in [-0.39, 0.29) is 0 Å². The van der Waals surface area contributed by atoms with Crippen LogP contribution in [0.1, 0.15) is 38.8 Å². The number of fused-ring (bicyclic) bond motifs is 1. The fourth-order valence-electron chi connectivity index (χ4n) is 2.66. The lowest BCUT2D eigenvalue weighted by Crippen LogP contribution is -2.03. The quantitative estimate of drug-likeness (QED) is 0.686. The van der Waals surface area contributed by atoms with E-state index in [0.717, 1.165) is 5.92 Å². The molecule has 18 heavy (non-hydrogen) atoms. The average molecular weight is 240 g/mol. The molecule has 2 rings (SSSR count). The van der Waals surface area contributed by atoms with Crippen LogP contribution >= 0.6 is 0 Å². The van der Waals surface area contributed by atoms with Crippen LogP contribution in [-0.4, -0.2) is 0 Å². The van der Waals surface area contributed by atoms with E-state index >= 15 is 0 Å². The predicted octanol–water partition coefficient (Wildman–Crippen LogP) is 5.24. The third-order valence-corrected chi connectivity index (χ3v) is 3.38. The molecule has 0 radical (unpaired) electrons. The minimum absolute atomic E-state index is 0.710. The van der Waals surface area contributed by atoms with Gasteiger partial charge in [-0.25, -0.2) is 0 Å². The van der Waals surface area contributed by atoms with Crippen LogP contribution in [0.15, 0.2) is 36.4 Å². The van der Waals surface area contributed by atoms with Gasteiger partial charge in [0.1, 0.15) is 0 Å². The molecule has 0 aliphatic rings. The van der Waals surface area contributed by atoms with Crippen molar-refractivity contribution < 1.29 is 0 Å². The minimum Gasteiger partial charge on any atom is -0.0625 e. The molecule has 0 N–H and O–H groups in total. The maximum Gasteiger partial charge on any atom is -0.0149 e. The van der Waals surface area contributed by atoms with Gasteiger partial charge in [-0.3, -0.25) is 0 Å². The Kier molecular flexibility index (Phi) is 4.06. The van der Waals surface area contributed by atoms with Gasteiger partial charge in [-0.05, 0) is 46.6 Å². The summed E-state index contributed by atoms with van der Waals surface area (Å²) >= 11 is 0. The molecule has 0 aromatic heterocycles. The second-order valence-electron chi connectivity index (χ2n) is 6.12. The smallest absolute Gasteiger partial charge is 0.0149 e. The van der Waals surface area contributed by atoms with Crippen molar-refractivity contribution in [1.82, 2.24) is 0 Å². The third kappa shape index (κ3) is 2.93. The Bertz CT molecular complexity index is 521. The molecule has 0 bridgehead atoms. The second kappa shape index (κ2) is 5.56. The summed E-state index contributed by atoms with van der Waals surface area (Å²) < 4.78 is 0. The molecule has 0 aliphatic carbocycles. The van der Waals surface area contributed by atoms with Crippen molar-refractivity contribution in [2.45, 2.75) is 40.5 Å². The van der Waals surface area contributed by atoms with Crippen LogP contribution in [0.3, 0.4) is 0 Å². The molecule has 2 aromatic carbocycles. The zero-order chi connectivity index (χ0) is 13.1. The summed E-state index contributed by atoms with van der Waals surface area (Å²) in [5.41, 5.74) is 3.11. The summed E-state index contributed by atoms with van der Waals surface area (Å²) in [6.45, 7) is 9.21. The maximum atomic E-state index is 2.33.